The van der Waals surface area contributed by atoms with Gasteiger partial charge in [-0.15, -0.1) is 11.3 Å². The van der Waals surface area contributed by atoms with E-state index < -0.39 is 0 Å². The fourth-order valence-corrected chi connectivity index (χ4v) is 4.01. The van der Waals surface area contributed by atoms with Crippen LogP contribution in [0.4, 0.5) is 0 Å². The fraction of sp³-hybridized carbons (Fsp3) is 0.500. The van der Waals surface area contributed by atoms with Crippen LogP contribution in [0.2, 0.25) is 5.15 Å². The van der Waals surface area contributed by atoms with Crippen molar-refractivity contribution in [3.8, 4) is 0 Å². The minimum absolute atomic E-state index is 0.0193. The van der Waals surface area contributed by atoms with E-state index in [9.17, 15) is 4.79 Å². The molecule has 140 valence electrons. The zero-order chi connectivity index (χ0) is 18.7. The minimum atomic E-state index is 0.0193. The monoisotopic (exact) mass is 393 g/mol. The largest absolute Gasteiger partial charge is 0.337 e. The molecule has 3 heterocycles. The molecule has 1 saturated heterocycles. The third kappa shape index (κ3) is 4.34. The molecule has 0 bridgehead atoms. The van der Waals surface area contributed by atoms with Gasteiger partial charge in [-0.1, -0.05) is 18.5 Å². The summed E-state index contributed by atoms with van der Waals surface area (Å²) in [6, 6.07) is 0. The van der Waals surface area contributed by atoms with Gasteiger partial charge in [0.1, 0.15) is 5.15 Å². The number of rotatable bonds is 5. The first-order valence-corrected chi connectivity index (χ1v) is 10.1. The van der Waals surface area contributed by atoms with Gasteiger partial charge < -0.3 is 4.90 Å². The molecule has 3 rings (SSSR count). The van der Waals surface area contributed by atoms with Crippen LogP contribution in [0.1, 0.15) is 28.9 Å². The molecule has 1 fully saturated rings. The average Bonchev–Trinajstić information content (AvgIpc) is 3.18. The molecule has 2 aromatic rings. The van der Waals surface area contributed by atoms with Crippen molar-refractivity contribution in [2.24, 2.45) is 7.05 Å². The Morgan fingerprint density at radius 1 is 1.35 bits per heavy atom. The van der Waals surface area contributed by atoms with E-state index in [2.05, 4.69) is 27.3 Å². The van der Waals surface area contributed by atoms with E-state index in [1.54, 1.807) is 35.2 Å². The molecular weight excluding hydrogens is 370 g/mol. The van der Waals surface area contributed by atoms with Crippen LogP contribution in [0.25, 0.3) is 6.08 Å². The van der Waals surface area contributed by atoms with Gasteiger partial charge in [0, 0.05) is 56.8 Å². The van der Waals surface area contributed by atoms with Crippen LogP contribution in [0.5, 0.6) is 0 Å². The molecule has 1 aliphatic heterocycles. The van der Waals surface area contributed by atoms with Crippen LogP contribution < -0.4 is 0 Å². The molecule has 6 nitrogen and oxygen atoms in total. The maximum Gasteiger partial charge on any atom is 0.246 e. The standard InChI is InChI=1S/C18H24ClN5OS/c1-4-16-20-14(12-26-16)11-23-7-9-24(10-8-23)17(25)6-5-15-13(2)21-22(3)18(15)19/h5-6,12H,4,7-11H2,1-3H3/b6-5+. The smallest absolute Gasteiger partial charge is 0.246 e. The lowest BCUT2D eigenvalue weighted by Gasteiger charge is -2.33. The van der Waals surface area contributed by atoms with Crippen LogP contribution in [-0.2, 0) is 24.8 Å². The van der Waals surface area contributed by atoms with E-state index in [0.29, 0.717) is 5.15 Å². The number of amides is 1. The van der Waals surface area contributed by atoms with Gasteiger partial charge in [0.15, 0.2) is 0 Å². The highest BCUT2D eigenvalue weighted by molar-refractivity contribution is 7.09. The molecule has 0 aliphatic carbocycles. The highest BCUT2D eigenvalue weighted by Crippen LogP contribution is 2.20. The van der Waals surface area contributed by atoms with Crippen molar-refractivity contribution in [2.45, 2.75) is 26.8 Å². The summed E-state index contributed by atoms with van der Waals surface area (Å²) in [6.07, 6.45) is 4.35. The number of nitrogens with zero attached hydrogens (tertiary/aromatic N) is 5. The molecular formula is C18H24ClN5OS. The zero-order valence-corrected chi connectivity index (χ0v) is 17.0. The summed E-state index contributed by atoms with van der Waals surface area (Å²) in [4.78, 5) is 21.3. The third-order valence-corrected chi connectivity index (χ3v) is 6.05. The number of piperazine rings is 1. The van der Waals surface area contributed by atoms with Crippen LogP contribution in [0.3, 0.4) is 0 Å². The highest BCUT2D eigenvalue weighted by atomic mass is 35.5. The number of halogens is 1. The molecule has 0 saturated carbocycles. The number of carbonyl (C=O) groups is 1. The lowest BCUT2D eigenvalue weighted by molar-refractivity contribution is -0.127. The molecule has 0 N–H and O–H groups in total. The van der Waals surface area contributed by atoms with E-state index in [1.807, 2.05) is 11.8 Å². The maximum atomic E-state index is 12.4. The summed E-state index contributed by atoms with van der Waals surface area (Å²) < 4.78 is 1.61. The van der Waals surface area contributed by atoms with E-state index in [4.69, 9.17) is 11.6 Å². The Kier molecular flexibility index (Phi) is 6.11. The van der Waals surface area contributed by atoms with Gasteiger partial charge in [0.05, 0.1) is 16.4 Å². The first-order chi connectivity index (χ1) is 12.5. The second-order valence-electron chi connectivity index (χ2n) is 6.43. The molecule has 2 aromatic heterocycles. The van der Waals surface area contributed by atoms with Crippen molar-refractivity contribution in [1.82, 2.24) is 24.6 Å². The van der Waals surface area contributed by atoms with Crippen molar-refractivity contribution in [3.63, 3.8) is 0 Å². The summed E-state index contributed by atoms with van der Waals surface area (Å²) in [5, 5.41) is 8.12. The average molecular weight is 394 g/mol. The lowest BCUT2D eigenvalue weighted by atomic mass is 10.2. The van der Waals surface area contributed by atoms with Crippen molar-refractivity contribution in [1.29, 1.82) is 0 Å². The molecule has 26 heavy (non-hydrogen) atoms. The fourth-order valence-electron chi connectivity index (χ4n) is 3.04. The van der Waals surface area contributed by atoms with Crippen molar-refractivity contribution in [3.05, 3.63) is 38.6 Å². The summed E-state index contributed by atoms with van der Waals surface area (Å²) in [6.45, 7) is 8.06. The Morgan fingerprint density at radius 3 is 2.65 bits per heavy atom. The molecule has 1 amide bonds. The lowest BCUT2D eigenvalue weighted by Crippen LogP contribution is -2.47. The van der Waals surface area contributed by atoms with Crippen LogP contribution >= 0.6 is 22.9 Å². The first kappa shape index (κ1) is 19.1. The Hall–Kier alpha value is -1.70. The SMILES string of the molecule is CCc1nc(CN2CCN(C(=O)/C=C/c3c(C)nn(C)c3Cl)CC2)cs1. The molecule has 0 unspecified atom stereocenters. The number of carbonyl (C=O) groups excluding carboxylic acids is 1. The predicted octanol–water partition coefficient (Wildman–Crippen LogP) is 2.76. The third-order valence-electron chi connectivity index (χ3n) is 4.56. The normalized spacial score (nSPS) is 15.9. The number of aromatic nitrogens is 3. The molecule has 0 aromatic carbocycles. The maximum absolute atomic E-state index is 12.4. The Balaban J connectivity index is 1.52. The minimum Gasteiger partial charge on any atom is -0.337 e. The van der Waals surface area contributed by atoms with Gasteiger partial charge >= 0.3 is 0 Å². The van der Waals surface area contributed by atoms with Crippen molar-refractivity contribution < 1.29 is 4.79 Å². The summed E-state index contributed by atoms with van der Waals surface area (Å²) in [5.74, 6) is 0.0193. The van der Waals surface area contributed by atoms with E-state index in [-0.39, 0.29) is 5.91 Å². The van der Waals surface area contributed by atoms with Crippen LogP contribution in [0.15, 0.2) is 11.5 Å². The van der Waals surface area contributed by atoms with Gasteiger partial charge in [-0.3, -0.25) is 14.4 Å². The summed E-state index contributed by atoms with van der Waals surface area (Å²) >= 11 is 7.93. The molecule has 0 spiro atoms. The number of hydrogen-bond acceptors (Lipinski definition) is 5. The number of hydrogen-bond donors (Lipinski definition) is 0. The van der Waals surface area contributed by atoms with Gasteiger partial charge in [-0.2, -0.15) is 5.10 Å². The van der Waals surface area contributed by atoms with Crippen molar-refractivity contribution >= 4 is 34.9 Å². The van der Waals surface area contributed by atoms with E-state index in [1.165, 1.54) is 5.01 Å². The Bertz CT molecular complexity index is 805. The predicted molar refractivity (Wildman–Crippen MR) is 105 cm³/mol. The molecule has 1 aliphatic rings. The van der Waals surface area contributed by atoms with Crippen LogP contribution in [0, 0.1) is 6.92 Å². The van der Waals surface area contributed by atoms with Gasteiger partial charge in [0.2, 0.25) is 5.91 Å². The molecule has 0 atom stereocenters. The van der Waals surface area contributed by atoms with Gasteiger partial charge in [0.25, 0.3) is 0 Å². The van der Waals surface area contributed by atoms with E-state index in [0.717, 1.165) is 56.1 Å². The number of thiazole rings is 1. The molecule has 8 heteroatoms. The summed E-state index contributed by atoms with van der Waals surface area (Å²) in [7, 11) is 1.79. The van der Waals surface area contributed by atoms with Crippen LogP contribution in [-0.4, -0.2) is 56.7 Å². The first-order valence-electron chi connectivity index (χ1n) is 8.79. The van der Waals surface area contributed by atoms with Gasteiger partial charge in [-0.05, 0) is 19.4 Å². The van der Waals surface area contributed by atoms with Gasteiger partial charge in [-0.25, -0.2) is 4.98 Å². The second kappa shape index (κ2) is 8.33. The second-order valence-corrected chi connectivity index (χ2v) is 7.74. The zero-order valence-electron chi connectivity index (χ0n) is 15.4. The topological polar surface area (TPSA) is 54.3 Å². The highest BCUT2D eigenvalue weighted by Gasteiger charge is 2.20. The molecule has 0 radical (unpaired) electrons. The quantitative estimate of drug-likeness (QED) is 0.733. The van der Waals surface area contributed by atoms with Crippen molar-refractivity contribution in [2.75, 3.05) is 26.2 Å². The Labute approximate surface area is 163 Å². The van der Waals surface area contributed by atoms with E-state index >= 15 is 0 Å². The Morgan fingerprint density at radius 2 is 2.08 bits per heavy atom. The summed E-state index contributed by atoms with van der Waals surface area (Å²) in [5.41, 5.74) is 2.76. The number of aryl methyl sites for hydroxylation is 3.